The summed E-state index contributed by atoms with van der Waals surface area (Å²) >= 11 is 1.46. The van der Waals surface area contributed by atoms with Crippen LogP contribution in [0.15, 0.2) is 53.9 Å². The molecule has 2 aromatic heterocycles. The monoisotopic (exact) mass is 501 g/mol. The van der Waals surface area contributed by atoms with Gasteiger partial charge in [0, 0.05) is 43.8 Å². The highest BCUT2D eigenvalue weighted by atomic mass is 32.1. The molecule has 1 fully saturated rings. The second-order valence-corrected chi connectivity index (χ2v) is 9.84. The number of thiophene rings is 1. The Bertz CT molecular complexity index is 1350. The minimum absolute atomic E-state index is 0.0835. The molecule has 0 atom stereocenters. The summed E-state index contributed by atoms with van der Waals surface area (Å²) in [7, 11) is 0. The molecule has 0 saturated carbocycles. The zero-order valence-corrected chi connectivity index (χ0v) is 21.2. The number of para-hydroxylation sites is 1. The number of aromatic amines is 1. The number of ether oxygens (including phenoxy) is 1. The van der Waals surface area contributed by atoms with E-state index in [1.54, 1.807) is 0 Å². The summed E-state index contributed by atoms with van der Waals surface area (Å²) in [5.41, 5.74) is 5.69. The average Bonchev–Trinajstić information content (AvgIpc) is 3.53. The Morgan fingerprint density at radius 3 is 2.86 bits per heavy atom. The van der Waals surface area contributed by atoms with Gasteiger partial charge in [0.2, 0.25) is 0 Å². The third-order valence-electron chi connectivity index (χ3n) is 6.39. The maximum Gasteiger partial charge on any atom is 0.266 e. The van der Waals surface area contributed by atoms with Crippen molar-refractivity contribution in [3.8, 4) is 0 Å². The lowest BCUT2D eigenvalue weighted by Gasteiger charge is -2.26. The van der Waals surface area contributed by atoms with Crippen molar-refractivity contribution >= 4 is 46.0 Å². The van der Waals surface area contributed by atoms with Crippen LogP contribution in [0, 0.1) is 6.92 Å². The van der Waals surface area contributed by atoms with Crippen LogP contribution in [0.3, 0.4) is 0 Å². The van der Waals surface area contributed by atoms with Gasteiger partial charge in [-0.15, -0.1) is 11.3 Å². The van der Waals surface area contributed by atoms with Gasteiger partial charge in [-0.25, -0.2) is 0 Å². The number of benzene rings is 2. The van der Waals surface area contributed by atoms with Crippen molar-refractivity contribution in [1.82, 2.24) is 20.4 Å². The number of morpholine rings is 1. The number of aromatic nitrogens is 2. The number of carbonyl (C=O) groups is 1. The second-order valence-electron chi connectivity index (χ2n) is 8.93. The zero-order valence-electron chi connectivity index (χ0n) is 20.4. The summed E-state index contributed by atoms with van der Waals surface area (Å²) < 4.78 is 5.42. The van der Waals surface area contributed by atoms with Crippen LogP contribution in [0.2, 0.25) is 0 Å². The largest absolute Gasteiger partial charge is 0.379 e. The van der Waals surface area contributed by atoms with Crippen molar-refractivity contribution in [2.75, 3.05) is 44.7 Å². The number of fused-ring (bicyclic) bond motifs is 1. The van der Waals surface area contributed by atoms with Crippen LogP contribution in [0.5, 0.6) is 0 Å². The lowest BCUT2D eigenvalue weighted by Crippen LogP contribution is -2.40. The lowest BCUT2D eigenvalue weighted by atomic mass is 10.1. The smallest absolute Gasteiger partial charge is 0.266 e. The van der Waals surface area contributed by atoms with Crippen molar-refractivity contribution in [2.45, 2.75) is 13.5 Å². The maximum atomic E-state index is 13.0. The van der Waals surface area contributed by atoms with Gasteiger partial charge < -0.3 is 15.4 Å². The molecule has 5 rings (SSSR count). The fourth-order valence-corrected chi connectivity index (χ4v) is 5.15. The molecule has 1 aliphatic heterocycles. The minimum atomic E-state index is -0.0835. The van der Waals surface area contributed by atoms with E-state index in [4.69, 9.17) is 4.74 Å². The summed E-state index contributed by atoms with van der Waals surface area (Å²) in [6, 6.07) is 16.2. The number of aryl methyl sites for hydroxylation is 1. The van der Waals surface area contributed by atoms with E-state index in [1.165, 1.54) is 11.3 Å². The SMILES string of the molecule is Cc1ccsc1C(=O)Nc1cc(CNCCN2CCOCC2)ccc1C=Cc1n[nH]c2ccccc12. The molecule has 7 nitrogen and oxygen atoms in total. The Hall–Kier alpha value is -3.30. The number of nitrogens with one attached hydrogen (secondary N) is 3. The van der Waals surface area contributed by atoms with E-state index in [0.29, 0.717) is 0 Å². The standard InChI is InChI=1S/C28H31N5O2S/c1-20-10-17-36-27(20)28(34)30-26-18-21(19-29-11-12-33-13-15-35-16-14-33)6-7-22(26)8-9-25-23-4-2-3-5-24(23)31-32-25/h2-10,17-18,29H,11-16,19H2,1H3,(H,30,34)(H,31,32). The van der Waals surface area contributed by atoms with Crippen molar-refractivity contribution in [1.29, 1.82) is 0 Å². The van der Waals surface area contributed by atoms with E-state index in [1.807, 2.05) is 54.8 Å². The highest BCUT2D eigenvalue weighted by Gasteiger charge is 2.13. The van der Waals surface area contributed by atoms with Gasteiger partial charge in [0.15, 0.2) is 0 Å². The number of amides is 1. The van der Waals surface area contributed by atoms with Gasteiger partial charge in [-0.2, -0.15) is 5.10 Å². The molecule has 1 amide bonds. The molecule has 0 unspecified atom stereocenters. The van der Waals surface area contributed by atoms with Gasteiger partial charge in [0.1, 0.15) is 0 Å². The van der Waals surface area contributed by atoms with E-state index < -0.39 is 0 Å². The molecule has 4 aromatic rings. The second kappa shape index (κ2) is 11.6. The molecule has 0 radical (unpaired) electrons. The van der Waals surface area contributed by atoms with Crippen molar-refractivity contribution in [2.24, 2.45) is 0 Å². The average molecular weight is 502 g/mol. The Morgan fingerprint density at radius 2 is 2.03 bits per heavy atom. The van der Waals surface area contributed by atoms with Crippen LogP contribution in [0.25, 0.3) is 23.1 Å². The van der Waals surface area contributed by atoms with Gasteiger partial charge >= 0.3 is 0 Å². The first kappa shape index (κ1) is 24.4. The quantitative estimate of drug-likeness (QED) is 0.288. The number of rotatable bonds is 9. The number of anilines is 1. The van der Waals surface area contributed by atoms with Gasteiger partial charge in [-0.1, -0.05) is 36.4 Å². The molecule has 2 aromatic carbocycles. The molecule has 0 aliphatic carbocycles. The first-order valence-electron chi connectivity index (χ1n) is 12.3. The third kappa shape index (κ3) is 5.91. The van der Waals surface area contributed by atoms with Crippen LogP contribution >= 0.6 is 11.3 Å². The molecular weight excluding hydrogens is 470 g/mol. The predicted octanol–water partition coefficient (Wildman–Crippen LogP) is 4.78. The molecule has 1 aliphatic rings. The summed E-state index contributed by atoms with van der Waals surface area (Å²) in [6.45, 7) is 8.22. The molecule has 0 spiro atoms. The van der Waals surface area contributed by atoms with Crippen LogP contribution in [-0.4, -0.2) is 60.4 Å². The summed E-state index contributed by atoms with van der Waals surface area (Å²) in [6.07, 6.45) is 4.00. The Morgan fingerprint density at radius 1 is 1.17 bits per heavy atom. The molecular formula is C28H31N5O2S. The molecule has 186 valence electrons. The van der Waals surface area contributed by atoms with Crippen LogP contribution < -0.4 is 10.6 Å². The van der Waals surface area contributed by atoms with Gasteiger partial charge in [0.25, 0.3) is 5.91 Å². The predicted molar refractivity (Wildman–Crippen MR) is 147 cm³/mol. The molecule has 36 heavy (non-hydrogen) atoms. The zero-order chi connectivity index (χ0) is 24.7. The van der Waals surface area contributed by atoms with Crippen molar-refractivity contribution < 1.29 is 9.53 Å². The molecule has 3 heterocycles. The fraction of sp³-hybridized carbons (Fsp3) is 0.286. The Balaban J connectivity index is 1.32. The highest BCUT2D eigenvalue weighted by Crippen LogP contribution is 2.25. The summed E-state index contributed by atoms with van der Waals surface area (Å²) in [4.78, 5) is 16.2. The maximum absolute atomic E-state index is 13.0. The van der Waals surface area contributed by atoms with Crippen molar-refractivity contribution in [3.05, 3.63) is 81.2 Å². The molecule has 0 bridgehead atoms. The van der Waals surface area contributed by atoms with Gasteiger partial charge in [-0.3, -0.25) is 14.8 Å². The van der Waals surface area contributed by atoms with Gasteiger partial charge in [-0.05, 0) is 53.3 Å². The van der Waals surface area contributed by atoms with Crippen LogP contribution in [-0.2, 0) is 11.3 Å². The topological polar surface area (TPSA) is 82.3 Å². The Kier molecular flexibility index (Phi) is 7.88. The number of hydrogen-bond acceptors (Lipinski definition) is 6. The normalized spacial score (nSPS) is 14.6. The van der Waals surface area contributed by atoms with E-state index in [0.717, 1.165) is 89.8 Å². The highest BCUT2D eigenvalue weighted by molar-refractivity contribution is 7.12. The summed E-state index contributed by atoms with van der Waals surface area (Å²) in [5, 5.41) is 17.2. The van der Waals surface area contributed by atoms with E-state index in [9.17, 15) is 4.79 Å². The fourth-order valence-electron chi connectivity index (χ4n) is 4.33. The lowest BCUT2D eigenvalue weighted by molar-refractivity contribution is 0.0384. The first-order valence-corrected chi connectivity index (χ1v) is 13.2. The minimum Gasteiger partial charge on any atom is -0.379 e. The summed E-state index contributed by atoms with van der Waals surface area (Å²) in [5.74, 6) is -0.0835. The third-order valence-corrected chi connectivity index (χ3v) is 7.41. The van der Waals surface area contributed by atoms with E-state index in [-0.39, 0.29) is 5.91 Å². The number of nitrogens with zero attached hydrogens (tertiary/aromatic N) is 2. The van der Waals surface area contributed by atoms with E-state index in [2.05, 4.69) is 43.9 Å². The van der Waals surface area contributed by atoms with Crippen LogP contribution in [0.4, 0.5) is 5.69 Å². The van der Waals surface area contributed by atoms with Crippen molar-refractivity contribution in [3.63, 3.8) is 0 Å². The number of H-pyrrole nitrogens is 1. The number of hydrogen-bond donors (Lipinski definition) is 3. The molecule has 8 heteroatoms. The first-order chi connectivity index (χ1) is 17.7. The van der Waals surface area contributed by atoms with Crippen LogP contribution in [0.1, 0.15) is 32.1 Å². The van der Waals surface area contributed by atoms with E-state index >= 15 is 0 Å². The number of carbonyl (C=O) groups excluding carboxylic acids is 1. The molecule has 3 N–H and O–H groups in total. The molecule has 1 saturated heterocycles. The van der Waals surface area contributed by atoms with Gasteiger partial charge in [0.05, 0.1) is 29.3 Å². The Labute approximate surface area is 215 Å².